The van der Waals surface area contributed by atoms with Gasteiger partial charge in [-0.2, -0.15) is 0 Å². The Morgan fingerprint density at radius 3 is 2.40 bits per heavy atom. The van der Waals surface area contributed by atoms with Crippen LogP contribution in [0.25, 0.3) is 0 Å². The molecule has 134 valence electrons. The zero-order chi connectivity index (χ0) is 18.4. The highest BCUT2D eigenvalue weighted by Crippen LogP contribution is 2.39. The monoisotopic (exact) mass is 428 g/mol. The molecule has 0 bridgehead atoms. The number of nitrogens with one attached hydrogen (secondary N) is 2. The van der Waals surface area contributed by atoms with Gasteiger partial charge in [0.25, 0.3) is 0 Å². The largest absolute Gasteiger partial charge is 0.493 e. The van der Waals surface area contributed by atoms with Crippen LogP contribution >= 0.6 is 28.1 Å². The molecule has 0 aliphatic rings. The lowest BCUT2D eigenvalue weighted by atomic mass is 10.1. The molecular weight excluding hydrogens is 411 g/mol. The van der Waals surface area contributed by atoms with Crippen molar-refractivity contribution in [2.45, 2.75) is 6.54 Å². The molecule has 0 aliphatic carbocycles. The van der Waals surface area contributed by atoms with Gasteiger partial charge < -0.3 is 24.8 Å². The summed E-state index contributed by atoms with van der Waals surface area (Å²) >= 11 is 8.43. The smallest absolute Gasteiger partial charge is 0.203 e. The first kappa shape index (κ1) is 19.3. The van der Waals surface area contributed by atoms with Crippen molar-refractivity contribution in [1.29, 1.82) is 0 Å². The molecule has 5 nitrogen and oxygen atoms in total. The lowest BCUT2D eigenvalue weighted by Gasteiger charge is -2.17. The number of methoxy groups -OCH3 is 3. The summed E-state index contributed by atoms with van der Waals surface area (Å²) in [6.07, 6.45) is 0. The highest BCUT2D eigenvalue weighted by molar-refractivity contribution is 9.10. The minimum Gasteiger partial charge on any atom is -0.493 e. The number of hydrogen-bond donors (Lipinski definition) is 2. The third-order valence-electron chi connectivity index (χ3n) is 3.40. The average molecular weight is 429 g/mol. The molecule has 0 amide bonds. The van der Waals surface area contributed by atoms with Gasteiger partial charge in [-0.1, -0.05) is 15.9 Å². The summed E-state index contributed by atoms with van der Waals surface area (Å²) in [6, 6.07) is 8.32. The molecule has 2 aromatic carbocycles. The van der Waals surface area contributed by atoms with Crippen LogP contribution < -0.4 is 24.8 Å². The third kappa shape index (κ3) is 4.73. The molecule has 8 heteroatoms. The van der Waals surface area contributed by atoms with Crippen LogP contribution in [0.4, 0.5) is 10.1 Å². The van der Waals surface area contributed by atoms with Crippen molar-refractivity contribution in [1.82, 2.24) is 5.32 Å². The van der Waals surface area contributed by atoms with Crippen molar-refractivity contribution in [2.24, 2.45) is 0 Å². The Hall–Kier alpha value is -2.06. The van der Waals surface area contributed by atoms with Crippen molar-refractivity contribution in [3.05, 3.63) is 46.2 Å². The van der Waals surface area contributed by atoms with Gasteiger partial charge in [0.2, 0.25) is 5.75 Å². The van der Waals surface area contributed by atoms with E-state index in [-0.39, 0.29) is 5.11 Å². The molecule has 0 atom stereocenters. The Morgan fingerprint density at radius 1 is 1.08 bits per heavy atom. The van der Waals surface area contributed by atoms with Gasteiger partial charge in [-0.15, -0.1) is 0 Å². The van der Waals surface area contributed by atoms with E-state index in [2.05, 4.69) is 26.6 Å². The zero-order valence-corrected chi connectivity index (χ0v) is 16.4. The first-order chi connectivity index (χ1) is 12.0. The van der Waals surface area contributed by atoms with Gasteiger partial charge >= 0.3 is 0 Å². The highest BCUT2D eigenvalue weighted by Gasteiger charge is 2.16. The van der Waals surface area contributed by atoms with Crippen LogP contribution in [0.5, 0.6) is 17.2 Å². The SMILES string of the molecule is COc1ccc(CNC(=S)Nc2ccc(Br)cc2F)c(OC)c1OC. The van der Waals surface area contributed by atoms with Crippen LogP contribution in [0.3, 0.4) is 0 Å². The van der Waals surface area contributed by atoms with Crippen LogP contribution in [0, 0.1) is 5.82 Å². The minimum atomic E-state index is -0.401. The van der Waals surface area contributed by atoms with Crippen molar-refractivity contribution in [3.8, 4) is 17.2 Å². The lowest BCUT2D eigenvalue weighted by Crippen LogP contribution is -2.28. The molecular formula is C17H18BrFN2O3S. The van der Waals surface area contributed by atoms with Gasteiger partial charge in [-0.05, 0) is 42.5 Å². The van der Waals surface area contributed by atoms with E-state index in [1.165, 1.54) is 6.07 Å². The molecule has 0 saturated carbocycles. The van der Waals surface area contributed by atoms with E-state index < -0.39 is 5.82 Å². The van der Waals surface area contributed by atoms with Crippen molar-refractivity contribution in [2.75, 3.05) is 26.6 Å². The summed E-state index contributed by atoms with van der Waals surface area (Å²) in [7, 11) is 4.65. The van der Waals surface area contributed by atoms with Gasteiger partial charge in [-0.25, -0.2) is 4.39 Å². The van der Waals surface area contributed by atoms with Crippen LogP contribution in [0.1, 0.15) is 5.56 Å². The second-order valence-electron chi connectivity index (χ2n) is 4.93. The molecule has 0 spiro atoms. The van der Waals surface area contributed by atoms with Gasteiger partial charge in [-0.3, -0.25) is 0 Å². The Morgan fingerprint density at radius 2 is 1.80 bits per heavy atom. The number of ether oxygens (including phenoxy) is 3. The molecule has 0 heterocycles. The number of anilines is 1. The number of hydrogen-bond acceptors (Lipinski definition) is 4. The highest BCUT2D eigenvalue weighted by atomic mass is 79.9. The fourth-order valence-corrected chi connectivity index (χ4v) is 2.75. The quantitative estimate of drug-likeness (QED) is 0.675. The summed E-state index contributed by atoms with van der Waals surface area (Å²) in [5.41, 5.74) is 1.11. The molecule has 0 fully saturated rings. The summed E-state index contributed by atoms with van der Waals surface area (Å²) in [6.45, 7) is 0.369. The topological polar surface area (TPSA) is 51.8 Å². The van der Waals surface area contributed by atoms with E-state index in [1.54, 1.807) is 39.5 Å². The average Bonchev–Trinajstić information content (AvgIpc) is 2.61. The Bertz CT molecular complexity index is 774. The van der Waals surface area contributed by atoms with Gasteiger partial charge in [0.05, 0.1) is 27.0 Å². The van der Waals surface area contributed by atoms with Crippen molar-refractivity contribution in [3.63, 3.8) is 0 Å². The van der Waals surface area contributed by atoms with E-state index >= 15 is 0 Å². The first-order valence-corrected chi connectivity index (χ1v) is 8.48. The number of benzene rings is 2. The zero-order valence-electron chi connectivity index (χ0n) is 14.0. The lowest BCUT2D eigenvalue weighted by molar-refractivity contribution is 0.322. The molecule has 25 heavy (non-hydrogen) atoms. The molecule has 0 radical (unpaired) electrons. The molecule has 0 saturated heterocycles. The fraction of sp³-hybridized carbons (Fsp3) is 0.235. The second-order valence-corrected chi connectivity index (χ2v) is 6.25. The predicted octanol–water partition coefficient (Wildman–Crippen LogP) is 4.10. The van der Waals surface area contributed by atoms with Crippen molar-refractivity contribution < 1.29 is 18.6 Å². The molecule has 2 N–H and O–H groups in total. The summed E-state index contributed by atoms with van der Waals surface area (Å²) < 4.78 is 30.5. The molecule has 0 aliphatic heterocycles. The Kier molecular flexibility index (Phi) is 6.83. The first-order valence-electron chi connectivity index (χ1n) is 7.28. The van der Waals surface area contributed by atoms with E-state index in [1.807, 2.05) is 6.07 Å². The Labute approximate surface area is 159 Å². The van der Waals surface area contributed by atoms with E-state index in [9.17, 15) is 4.39 Å². The maximum absolute atomic E-state index is 13.8. The number of rotatable bonds is 6. The van der Waals surface area contributed by atoms with Gasteiger partial charge in [0, 0.05) is 16.6 Å². The molecule has 2 rings (SSSR count). The van der Waals surface area contributed by atoms with Crippen LogP contribution in [-0.2, 0) is 6.54 Å². The van der Waals surface area contributed by atoms with Gasteiger partial charge in [0.15, 0.2) is 16.6 Å². The normalized spacial score (nSPS) is 10.1. The maximum atomic E-state index is 13.8. The van der Waals surface area contributed by atoms with Crippen LogP contribution in [-0.4, -0.2) is 26.4 Å². The van der Waals surface area contributed by atoms with Crippen molar-refractivity contribution >= 4 is 38.9 Å². The standard InChI is InChI=1S/C17H18BrFN2O3S/c1-22-14-7-4-10(15(23-2)16(14)24-3)9-20-17(25)21-13-6-5-11(18)8-12(13)19/h4-8H,9H2,1-3H3,(H2,20,21,25). The van der Waals surface area contributed by atoms with E-state index in [0.717, 1.165) is 5.56 Å². The molecule has 2 aromatic rings. The Balaban J connectivity index is 2.09. The second kappa shape index (κ2) is 8.87. The summed E-state index contributed by atoms with van der Waals surface area (Å²) in [4.78, 5) is 0. The van der Waals surface area contributed by atoms with Gasteiger partial charge in [0.1, 0.15) is 5.82 Å². The third-order valence-corrected chi connectivity index (χ3v) is 4.14. The number of thiocarbonyl (C=S) groups is 1. The molecule has 0 unspecified atom stereocenters. The van der Waals surface area contributed by atoms with Crippen LogP contribution in [0.15, 0.2) is 34.8 Å². The van der Waals surface area contributed by atoms with E-state index in [4.69, 9.17) is 26.4 Å². The van der Waals surface area contributed by atoms with E-state index in [0.29, 0.717) is 34.0 Å². The molecule has 0 aromatic heterocycles. The summed E-state index contributed by atoms with van der Waals surface area (Å²) in [5, 5.41) is 6.13. The maximum Gasteiger partial charge on any atom is 0.203 e. The fourth-order valence-electron chi connectivity index (χ4n) is 2.24. The summed E-state index contributed by atoms with van der Waals surface area (Å²) in [5.74, 6) is 1.22. The predicted molar refractivity (Wildman–Crippen MR) is 103 cm³/mol. The van der Waals surface area contributed by atoms with Crippen LogP contribution in [0.2, 0.25) is 0 Å². The number of halogens is 2. The minimum absolute atomic E-state index is 0.290.